The van der Waals surface area contributed by atoms with Crippen molar-refractivity contribution in [1.82, 2.24) is 20.3 Å². The van der Waals surface area contributed by atoms with Crippen LogP contribution >= 0.6 is 0 Å². The highest BCUT2D eigenvalue weighted by atomic mass is 32.2. The molecular formula is C23H19FN6O2S. The number of hydrogen-bond acceptors (Lipinski definition) is 7. The van der Waals surface area contributed by atoms with Crippen LogP contribution in [0.3, 0.4) is 0 Å². The van der Waals surface area contributed by atoms with E-state index in [4.69, 9.17) is 5.41 Å². The quantitative estimate of drug-likeness (QED) is 0.359. The van der Waals surface area contributed by atoms with Gasteiger partial charge in [-0.3, -0.25) is 14.7 Å². The first-order chi connectivity index (χ1) is 15.9. The van der Waals surface area contributed by atoms with Gasteiger partial charge in [0.1, 0.15) is 5.82 Å². The van der Waals surface area contributed by atoms with Crippen LogP contribution in [-0.2, 0) is 10.0 Å². The lowest BCUT2D eigenvalue weighted by molar-refractivity contribution is 0.595. The van der Waals surface area contributed by atoms with Crippen LogP contribution in [0.25, 0.3) is 27.7 Å². The topological polar surface area (TPSA) is 121 Å². The third-order valence-corrected chi connectivity index (χ3v) is 6.10. The molecule has 0 saturated carbocycles. The number of allylic oxidation sites excluding steroid dienone is 1. The number of anilines is 1. The first-order valence-electron chi connectivity index (χ1n) is 9.78. The second kappa shape index (κ2) is 9.13. The van der Waals surface area contributed by atoms with Gasteiger partial charge in [0.25, 0.3) is 10.0 Å². The Labute approximate surface area is 189 Å². The van der Waals surface area contributed by atoms with E-state index in [0.29, 0.717) is 27.9 Å². The Hall–Kier alpha value is -4.18. The number of rotatable bonds is 7. The minimum Gasteiger partial charge on any atom is -0.393 e. The van der Waals surface area contributed by atoms with Gasteiger partial charge in [0.15, 0.2) is 0 Å². The minimum absolute atomic E-state index is 0.182. The third-order valence-electron chi connectivity index (χ3n) is 4.72. The molecule has 2 aromatic carbocycles. The van der Waals surface area contributed by atoms with Crippen molar-refractivity contribution in [2.24, 2.45) is 0 Å². The number of halogens is 1. The molecular weight excluding hydrogens is 443 g/mol. The van der Waals surface area contributed by atoms with E-state index in [9.17, 15) is 12.8 Å². The molecule has 0 radical (unpaired) electrons. The fraction of sp³-hybridized carbons (Fsp3) is 0.0435. The fourth-order valence-corrected chi connectivity index (χ4v) is 4.24. The van der Waals surface area contributed by atoms with Crippen LogP contribution < -0.4 is 10.0 Å². The average molecular weight is 463 g/mol. The van der Waals surface area contributed by atoms with E-state index in [0.717, 1.165) is 11.6 Å². The Morgan fingerprint density at radius 3 is 2.64 bits per heavy atom. The highest BCUT2D eigenvalue weighted by Crippen LogP contribution is 2.26. The number of fused-ring (bicyclic) bond motifs is 1. The number of hydrogen-bond donors (Lipinski definition) is 3. The second-order valence-electron chi connectivity index (χ2n) is 7.02. The summed E-state index contributed by atoms with van der Waals surface area (Å²) in [6.07, 6.45) is 7.42. The highest BCUT2D eigenvalue weighted by Gasteiger charge is 2.15. The maximum atomic E-state index is 13.5. The molecule has 0 amide bonds. The molecule has 2 aromatic heterocycles. The van der Waals surface area contributed by atoms with E-state index >= 15 is 0 Å². The van der Waals surface area contributed by atoms with Gasteiger partial charge in [-0.1, -0.05) is 12.1 Å². The Morgan fingerprint density at radius 1 is 1.03 bits per heavy atom. The van der Waals surface area contributed by atoms with Gasteiger partial charge in [-0.2, -0.15) is 0 Å². The van der Waals surface area contributed by atoms with Gasteiger partial charge >= 0.3 is 0 Å². The number of pyridine rings is 1. The van der Waals surface area contributed by atoms with Gasteiger partial charge in [0.05, 0.1) is 39.7 Å². The van der Waals surface area contributed by atoms with Crippen molar-refractivity contribution in [3.63, 3.8) is 0 Å². The van der Waals surface area contributed by atoms with Crippen molar-refractivity contribution >= 4 is 38.5 Å². The Morgan fingerprint density at radius 2 is 1.88 bits per heavy atom. The van der Waals surface area contributed by atoms with E-state index in [1.165, 1.54) is 30.6 Å². The van der Waals surface area contributed by atoms with Crippen molar-refractivity contribution in [2.45, 2.75) is 4.90 Å². The average Bonchev–Trinajstić information content (AvgIpc) is 2.82. The summed E-state index contributed by atoms with van der Waals surface area (Å²) in [4.78, 5) is 12.9. The zero-order valence-electron chi connectivity index (χ0n) is 17.4. The van der Waals surface area contributed by atoms with Gasteiger partial charge in [0, 0.05) is 36.8 Å². The molecule has 0 atom stereocenters. The molecule has 0 unspecified atom stereocenters. The van der Waals surface area contributed by atoms with Crippen molar-refractivity contribution in [3.05, 3.63) is 84.8 Å². The number of sulfonamides is 1. The zero-order valence-corrected chi connectivity index (χ0v) is 18.3. The molecule has 0 aliphatic heterocycles. The summed E-state index contributed by atoms with van der Waals surface area (Å²) in [5, 5.41) is 10.4. The van der Waals surface area contributed by atoms with E-state index in [1.54, 1.807) is 37.8 Å². The molecule has 4 rings (SSSR count). The first-order valence-corrected chi connectivity index (χ1v) is 11.3. The predicted molar refractivity (Wildman–Crippen MR) is 126 cm³/mol. The normalized spacial score (nSPS) is 11.9. The van der Waals surface area contributed by atoms with Crippen LogP contribution in [0.2, 0.25) is 0 Å². The highest BCUT2D eigenvalue weighted by molar-refractivity contribution is 7.92. The SMILES string of the molecule is CN/C=C(\C=N)c1cnc2ccc(-c3cncc(NS(=O)(=O)c4cccc(F)c4)c3)cc2n1. The number of nitrogens with zero attached hydrogens (tertiary/aromatic N) is 3. The van der Waals surface area contributed by atoms with E-state index in [-0.39, 0.29) is 10.6 Å². The summed E-state index contributed by atoms with van der Waals surface area (Å²) in [7, 11) is -2.24. The van der Waals surface area contributed by atoms with E-state index in [2.05, 4.69) is 25.0 Å². The van der Waals surface area contributed by atoms with Crippen LogP contribution in [0, 0.1) is 11.2 Å². The lowest BCUT2D eigenvalue weighted by atomic mass is 10.1. The van der Waals surface area contributed by atoms with Gasteiger partial charge in [-0.25, -0.2) is 17.8 Å². The maximum Gasteiger partial charge on any atom is 0.262 e. The van der Waals surface area contributed by atoms with Crippen molar-refractivity contribution < 1.29 is 12.8 Å². The number of nitrogens with one attached hydrogen (secondary N) is 3. The summed E-state index contributed by atoms with van der Waals surface area (Å²) in [6, 6.07) is 11.8. The molecule has 33 heavy (non-hydrogen) atoms. The lowest BCUT2D eigenvalue weighted by Crippen LogP contribution is -2.13. The van der Waals surface area contributed by atoms with E-state index in [1.807, 2.05) is 12.1 Å². The fourth-order valence-electron chi connectivity index (χ4n) is 3.18. The Bertz CT molecular complexity index is 1490. The van der Waals surface area contributed by atoms with Gasteiger partial charge in [-0.05, 0) is 42.0 Å². The van der Waals surface area contributed by atoms with Crippen LogP contribution in [0.15, 0.2) is 78.2 Å². The summed E-state index contributed by atoms with van der Waals surface area (Å²) < 4.78 is 41.1. The second-order valence-corrected chi connectivity index (χ2v) is 8.70. The van der Waals surface area contributed by atoms with Crippen LogP contribution in [0.4, 0.5) is 10.1 Å². The summed E-state index contributed by atoms with van der Waals surface area (Å²) in [6.45, 7) is 0. The lowest BCUT2D eigenvalue weighted by Gasteiger charge is -2.10. The van der Waals surface area contributed by atoms with Gasteiger partial charge < -0.3 is 10.7 Å². The van der Waals surface area contributed by atoms with Gasteiger partial charge in [0.2, 0.25) is 0 Å². The number of benzene rings is 2. The molecule has 166 valence electrons. The Kier molecular flexibility index (Phi) is 6.09. The molecule has 0 fully saturated rings. The van der Waals surface area contributed by atoms with Crippen molar-refractivity contribution in [3.8, 4) is 11.1 Å². The van der Waals surface area contributed by atoms with Crippen LogP contribution in [-0.4, -0.2) is 36.6 Å². The molecule has 3 N–H and O–H groups in total. The molecule has 0 spiro atoms. The molecule has 0 saturated heterocycles. The van der Waals surface area contributed by atoms with Crippen LogP contribution in [0.1, 0.15) is 5.69 Å². The predicted octanol–water partition coefficient (Wildman–Crippen LogP) is 3.84. The maximum absolute atomic E-state index is 13.5. The molecule has 0 bridgehead atoms. The van der Waals surface area contributed by atoms with Gasteiger partial charge in [-0.15, -0.1) is 0 Å². The third kappa shape index (κ3) is 4.85. The summed E-state index contributed by atoms with van der Waals surface area (Å²) in [5.74, 6) is -0.642. The van der Waals surface area contributed by atoms with Crippen LogP contribution in [0.5, 0.6) is 0 Å². The molecule has 2 heterocycles. The van der Waals surface area contributed by atoms with Crippen molar-refractivity contribution in [2.75, 3.05) is 11.8 Å². The smallest absolute Gasteiger partial charge is 0.262 e. The van der Waals surface area contributed by atoms with Crippen molar-refractivity contribution in [1.29, 1.82) is 5.41 Å². The molecule has 0 aliphatic carbocycles. The molecule has 10 heteroatoms. The zero-order chi connectivity index (χ0) is 23.4. The monoisotopic (exact) mass is 462 g/mol. The summed E-state index contributed by atoms with van der Waals surface area (Å²) >= 11 is 0. The molecule has 4 aromatic rings. The largest absolute Gasteiger partial charge is 0.393 e. The molecule has 8 nitrogen and oxygen atoms in total. The number of aromatic nitrogens is 3. The molecule has 0 aliphatic rings. The standard InChI is InChI=1S/C23H19FN6O2S/c1-26-11-17(10-25)23-14-28-21-6-5-15(8-22(21)29-23)16-7-19(13-27-12-16)30-33(31,32)20-4-2-3-18(24)9-20/h2-14,25-26,30H,1H3/b17-11+,25-10?. The Balaban J connectivity index is 1.68. The van der Waals surface area contributed by atoms with E-state index < -0.39 is 15.8 Å². The first kappa shape index (κ1) is 22.0. The minimum atomic E-state index is -3.98. The summed E-state index contributed by atoms with van der Waals surface area (Å²) in [5.41, 5.74) is 4.04.